The summed E-state index contributed by atoms with van der Waals surface area (Å²) in [5.41, 5.74) is 0.00754. The van der Waals surface area contributed by atoms with E-state index in [-0.39, 0.29) is 5.69 Å². The Kier molecular flexibility index (Phi) is 4.48. The monoisotopic (exact) mass is 314 g/mol. The van der Waals surface area contributed by atoms with Gasteiger partial charge in [-0.15, -0.1) is 0 Å². The Morgan fingerprint density at radius 2 is 2.50 bits per heavy atom. The quantitative estimate of drug-likeness (QED) is 0.657. The lowest BCUT2D eigenvalue weighted by Crippen LogP contribution is -2.33. The minimum Gasteiger partial charge on any atom is -0.364 e. The van der Waals surface area contributed by atoms with Gasteiger partial charge in [-0.05, 0) is 47.8 Å². The second-order valence-electron chi connectivity index (χ2n) is 4.37. The van der Waals surface area contributed by atoms with Gasteiger partial charge in [0.25, 0.3) is 0 Å². The summed E-state index contributed by atoms with van der Waals surface area (Å²) in [5, 5.41) is 17.3. The Labute approximate surface area is 113 Å². The predicted molar refractivity (Wildman–Crippen MR) is 72.7 cm³/mol. The van der Waals surface area contributed by atoms with Crippen molar-refractivity contribution in [2.24, 2.45) is 5.92 Å². The van der Waals surface area contributed by atoms with Gasteiger partial charge in [-0.2, -0.15) is 0 Å². The van der Waals surface area contributed by atoms with Crippen LogP contribution in [-0.4, -0.2) is 29.5 Å². The van der Waals surface area contributed by atoms with Crippen molar-refractivity contribution in [1.82, 2.24) is 10.3 Å². The smallest absolute Gasteiger partial charge is 0.312 e. The Balaban J connectivity index is 2.01. The highest BCUT2D eigenvalue weighted by Crippen LogP contribution is 2.25. The molecule has 1 fully saturated rings. The zero-order valence-corrected chi connectivity index (χ0v) is 11.4. The first kappa shape index (κ1) is 13.2. The Morgan fingerprint density at radius 3 is 3.17 bits per heavy atom. The van der Waals surface area contributed by atoms with Crippen LogP contribution in [0.15, 0.2) is 16.7 Å². The van der Waals surface area contributed by atoms with E-state index in [2.05, 4.69) is 31.5 Å². The van der Waals surface area contributed by atoms with E-state index in [4.69, 9.17) is 0 Å². The van der Waals surface area contributed by atoms with Crippen LogP contribution in [0.2, 0.25) is 0 Å². The van der Waals surface area contributed by atoms with E-state index in [1.54, 1.807) is 6.20 Å². The third-order valence-corrected chi connectivity index (χ3v) is 3.42. The van der Waals surface area contributed by atoms with Crippen molar-refractivity contribution in [3.05, 3.63) is 26.9 Å². The van der Waals surface area contributed by atoms with Gasteiger partial charge in [0, 0.05) is 23.3 Å². The van der Waals surface area contributed by atoms with E-state index >= 15 is 0 Å². The van der Waals surface area contributed by atoms with Crippen LogP contribution in [0.1, 0.15) is 12.8 Å². The molecule has 1 atom stereocenters. The maximum Gasteiger partial charge on any atom is 0.312 e. The molecule has 6 nitrogen and oxygen atoms in total. The average molecular weight is 315 g/mol. The molecule has 18 heavy (non-hydrogen) atoms. The lowest BCUT2D eigenvalue weighted by Gasteiger charge is -2.22. The molecule has 1 unspecified atom stereocenters. The highest BCUT2D eigenvalue weighted by molar-refractivity contribution is 9.10. The van der Waals surface area contributed by atoms with E-state index < -0.39 is 4.92 Å². The summed E-state index contributed by atoms with van der Waals surface area (Å²) in [7, 11) is 0. The molecular formula is C11H15BrN4O2. The van der Waals surface area contributed by atoms with Crippen LogP contribution in [0.5, 0.6) is 0 Å². The fourth-order valence-electron chi connectivity index (χ4n) is 2.04. The Hall–Kier alpha value is -1.21. The van der Waals surface area contributed by atoms with Crippen LogP contribution in [0.4, 0.5) is 11.5 Å². The van der Waals surface area contributed by atoms with Gasteiger partial charge in [-0.3, -0.25) is 10.1 Å². The third-order valence-electron chi connectivity index (χ3n) is 2.99. The first-order valence-electron chi connectivity index (χ1n) is 5.91. The normalized spacial score (nSPS) is 19.5. The standard InChI is InChI=1S/C11H15BrN4O2/c12-9-4-10(16(17)18)11(15-7-9)14-6-8-2-1-3-13-5-8/h4,7-8,13H,1-3,5-6H2,(H,14,15). The molecule has 1 saturated heterocycles. The number of hydrogen-bond acceptors (Lipinski definition) is 5. The fraction of sp³-hybridized carbons (Fsp3) is 0.545. The Morgan fingerprint density at radius 1 is 1.67 bits per heavy atom. The van der Waals surface area contributed by atoms with Crippen LogP contribution in [0.3, 0.4) is 0 Å². The number of anilines is 1. The van der Waals surface area contributed by atoms with Gasteiger partial charge in [0.2, 0.25) is 5.82 Å². The van der Waals surface area contributed by atoms with Crippen molar-refractivity contribution in [1.29, 1.82) is 0 Å². The van der Waals surface area contributed by atoms with E-state index in [1.807, 2.05) is 0 Å². The van der Waals surface area contributed by atoms with Crippen molar-refractivity contribution in [3.63, 3.8) is 0 Å². The number of aromatic nitrogens is 1. The van der Waals surface area contributed by atoms with Gasteiger partial charge in [0.15, 0.2) is 0 Å². The molecule has 1 aromatic heterocycles. The van der Waals surface area contributed by atoms with Gasteiger partial charge in [-0.25, -0.2) is 4.98 Å². The SMILES string of the molecule is O=[N+]([O-])c1cc(Br)cnc1NCC1CCCNC1. The molecule has 2 rings (SSSR count). The van der Waals surface area contributed by atoms with Crippen molar-refractivity contribution >= 4 is 27.4 Å². The number of nitrogens with zero attached hydrogens (tertiary/aromatic N) is 2. The topological polar surface area (TPSA) is 80.1 Å². The lowest BCUT2D eigenvalue weighted by molar-refractivity contribution is -0.384. The second kappa shape index (κ2) is 6.10. The van der Waals surface area contributed by atoms with E-state index in [1.165, 1.54) is 6.07 Å². The number of rotatable bonds is 4. The molecule has 1 aromatic rings. The number of nitrogens with one attached hydrogen (secondary N) is 2. The van der Waals surface area contributed by atoms with Crippen molar-refractivity contribution < 1.29 is 4.92 Å². The molecule has 0 aliphatic carbocycles. The van der Waals surface area contributed by atoms with E-state index in [9.17, 15) is 10.1 Å². The molecule has 7 heteroatoms. The van der Waals surface area contributed by atoms with Crippen molar-refractivity contribution in [2.75, 3.05) is 25.0 Å². The first-order chi connectivity index (χ1) is 8.66. The molecule has 2 N–H and O–H groups in total. The van der Waals surface area contributed by atoms with Crippen LogP contribution >= 0.6 is 15.9 Å². The maximum atomic E-state index is 10.9. The van der Waals surface area contributed by atoms with Gasteiger partial charge in [0.05, 0.1) is 4.92 Å². The van der Waals surface area contributed by atoms with Gasteiger partial charge in [-0.1, -0.05) is 0 Å². The summed E-state index contributed by atoms with van der Waals surface area (Å²) in [4.78, 5) is 14.6. The summed E-state index contributed by atoms with van der Waals surface area (Å²) >= 11 is 3.19. The van der Waals surface area contributed by atoms with Crippen LogP contribution in [0.25, 0.3) is 0 Å². The molecule has 0 amide bonds. The molecule has 2 heterocycles. The lowest BCUT2D eigenvalue weighted by atomic mass is 10.00. The number of nitro groups is 1. The third kappa shape index (κ3) is 3.39. The van der Waals surface area contributed by atoms with Gasteiger partial charge >= 0.3 is 5.69 Å². The largest absolute Gasteiger partial charge is 0.364 e. The molecule has 0 bridgehead atoms. The number of halogens is 1. The second-order valence-corrected chi connectivity index (χ2v) is 5.29. The minimum absolute atomic E-state index is 0.00754. The van der Waals surface area contributed by atoms with Crippen molar-refractivity contribution in [3.8, 4) is 0 Å². The number of piperidine rings is 1. The summed E-state index contributed by atoms with van der Waals surface area (Å²) in [6.07, 6.45) is 3.86. The number of hydrogen-bond donors (Lipinski definition) is 2. The average Bonchev–Trinajstić information content (AvgIpc) is 2.38. The van der Waals surface area contributed by atoms with Crippen LogP contribution in [-0.2, 0) is 0 Å². The number of pyridine rings is 1. The predicted octanol–water partition coefficient (Wildman–Crippen LogP) is 2.16. The summed E-state index contributed by atoms with van der Waals surface area (Å²) in [6, 6.07) is 1.47. The zero-order chi connectivity index (χ0) is 13.0. The minimum atomic E-state index is -0.417. The maximum absolute atomic E-state index is 10.9. The molecule has 0 saturated carbocycles. The summed E-state index contributed by atoms with van der Waals surface area (Å²) in [6.45, 7) is 2.73. The Bertz CT molecular complexity index is 435. The van der Waals surface area contributed by atoms with Gasteiger partial charge < -0.3 is 10.6 Å². The highest BCUT2D eigenvalue weighted by atomic mass is 79.9. The first-order valence-corrected chi connectivity index (χ1v) is 6.70. The van der Waals surface area contributed by atoms with E-state index in [0.29, 0.717) is 22.8 Å². The molecule has 0 aromatic carbocycles. The van der Waals surface area contributed by atoms with Crippen molar-refractivity contribution in [2.45, 2.75) is 12.8 Å². The summed E-state index contributed by atoms with van der Waals surface area (Å²) in [5.74, 6) is 0.845. The fourth-order valence-corrected chi connectivity index (χ4v) is 2.36. The molecule has 1 aliphatic heterocycles. The van der Waals surface area contributed by atoms with E-state index in [0.717, 1.165) is 25.9 Å². The van der Waals surface area contributed by atoms with Crippen LogP contribution in [0, 0.1) is 16.0 Å². The molecule has 0 spiro atoms. The summed E-state index contributed by atoms with van der Waals surface area (Å²) < 4.78 is 0.610. The molecule has 1 aliphatic rings. The zero-order valence-electron chi connectivity index (χ0n) is 9.86. The van der Waals surface area contributed by atoms with Crippen LogP contribution < -0.4 is 10.6 Å². The highest BCUT2D eigenvalue weighted by Gasteiger charge is 2.18. The molecule has 98 valence electrons. The van der Waals surface area contributed by atoms with Gasteiger partial charge in [0.1, 0.15) is 0 Å². The molecule has 0 radical (unpaired) electrons. The molecular weight excluding hydrogens is 300 g/mol.